The maximum absolute atomic E-state index is 13.6. The summed E-state index contributed by atoms with van der Waals surface area (Å²) in [5.41, 5.74) is 7.88. The molecule has 0 radical (unpaired) electrons. The number of carbonyl (C=O) groups excluding carboxylic acids is 2. The summed E-state index contributed by atoms with van der Waals surface area (Å²) in [5.74, 6) is -0.489. The van der Waals surface area contributed by atoms with Gasteiger partial charge < -0.3 is 25.6 Å². The number of nitrogens with one attached hydrogen (secondary N) is 1. The Balaban J connectivity index is 1.30. The normalized spacial score (nSPS) is 16.5. The molecule has 0 atom stereocenters. The van der Waals surface area contributed by atoms with E-state index in [0.717, 1.165) is 0 Å². The van der Waals surface area contributed by atoms with E-state index < -0.39 is 0 Å². The molecule has 10 heteroatoms. The molecule has 2 aliphatic heterocycles. The van der Waals surface area contributed by atoms with Gasteiger partial charge in [0.2, 0.25) is 0 Å². The van der Waals surface area contributed by atoms with Crippen molar-refractivity contribution in [1.29, 1.82) is 0 Å². The van der Waals surface area contributed by atoms with Crippen LogP contribution in [0.25, 0.3) is 22.2 Å². The van der Waals surface area contributed by atoms with Gasteiger partial charge in [-0.15, -0.1) is 0 Å². The Morgan fingerprint density at radius 1 is 1.12 bits per heavy atom. The first-order valence-electron chi connectivity index (χ1n) is 10.7. The first-order chi connectivity index (χ1) is 16.0. The summed E-state index contributed by atoms with van der Waals surface area (Å²) < 4.78 is 18.9. The van der Waals surface area contributed by atoms with E-state index in [9.17, 15) is 14.0 Å². The van der Waals surface area contributed by atoms with E-state index in [0.29, 0.717) is 67.1 Å². The number of amides is 3. The van der Waals surface area contributed by atoms with Gasteiger partial charge in [-0.3, -0.25) is 4.79 Å². The average Bonchev–Trinajstić information content (AvgIpc) is 2.81. The molecule has 0 bridgehead atoms. The van der Waals surface area contributed by atoms with E-state index in [-0.39, 0.29) is 29.6 Å². The molecule has 4 heterocycles. The van der Waals surface area contributed by atoms with Gasteiger partial charge in [0.15, 0.2) is 0 Å². The molecule has 3 N–H and O–H groups in total. The minimum absolute atomic E-state index is 0.0301. The third-order valence-corrected chi connectivity index (χ3v) is 5.89. The highest BCUT2D eigenvalue weighted by atomic mass is 19.1. The van der Waals surface area contributed by atoms with Crippen LogP contribution in [0.2, 0.25) is 0 Å². The molecular weight excluding hydrogens is 427 g/mol. The number of ether oxygens (including phenoxy) is 1. The van der Waals surface area contributed by atoms with Crippen molar-refractivity contribution in [2.45, 2.75) is 6.04 Å². The molecule has 0 spiro atoms. The van der Waals surface area contributed by atoms with Gasteiger partial charge in [-0.25, -0.2) is 19.2 Å². The lowest BCUT2D eigenvalue weighted by Gasteiger charge is -2.42. The standard InChI is InChI=1S/C23H23FN6O3/c24-15-3-1-2-14(10-15)19-5-4-17-18(11-26-21(25)20(17)28-19)22(31)27-16-12-30(13-16)23(32)29-6-8-33-9-7-29/h1-5,10-11,16H,6-9,12-13H2,(H2,25,26)(H,27,31). The molecule has 5 rings (SSSR count). The van der Waals surface area contributed by atoms with E-state index >= 15 is 0 Å². The summed E-state index contributed by atoms with van der Waals surface area (Å²) in [6, 6.07) is 9.39. The molecule has 2 aromatic heterocycles. The molecule has 0 unspecified atom stereocenters. The van der Waals surface area contributed by atoms with E-state index in [1.807, 2.05) is 0 Å². The third kappa shape index (κ3) is 4.17. The molecule has 1 aromatic carbocycles. The van der Waals surface area contributed by atoms with E-state index in [1.165, 1.54) is 18.3 Å². The van der Waals surface area contributed by atoms with Crippen molar-refractivity contribution in [1.82, 2.24) is 25.1 Å². The maximum Gasteiger partial charge on any atom is 0.320 e. The zero-order valence-corrected chi connectivity index (χ0v) is 17.8. The highest BCUT2D eigenvalue weighted by molar-refractivity contribution is 6.08. The van der Waals surface area contributed by atoms with E-state index in [2.05, 4.69) is 15.3 Å². The number of morpholine rings is 1. The number of fused-ring (bicyclic) bond motifs is 1. The molecule has 170 valence electrons. The fourth-order valence-corrected chi connectivity index (χ4v) is 4.07. The Hall–Kier alpha value is -3.79. The Labute approximate surface area is 189 Å². The monoisotopic (exact) mass is 450 g/mol. The van der Waals surface area contributed by atoms with Crippen LogP contribution < -0.4 is 11.1 Å². The van der Waals surface area contributed by atoms with Crippen LogP contribution >= 0.6 is 0 Å². The fourth-order valence-electron chi connectivity index (χ4n) is 4.07. The van der Waals surface area contributed by atoms with Crippen LogP contribution in [0.15, 0.2) is 42.6 Å². The predicted octanol–water partition coefficient (Wildman–Crippen LogP) is 1.88. The van der Waals surface area contributed by atoms with Gasteiger partial charge in [-0.2, -0.15) is 0 Å². The molecule has 0 saturated carbocycles. The van der Waals surface area contributed by atoms with Gasteiger partial charge in [-0.05, 0) is 24.3 Å². The molecule has 33 heavy (non-hydrogen) atoms. The summed E-state index contributed by atoms with van der Waals surface area (Å²) in [5, 5.41) is 3.51. The van der Waals surface area contributed by atoms with Crippen LogP contribution in [0.1, 0.15) is 10.4 Å². The van der Waals surface area contributed by atoms with Gasteiger partial charge in [0.1, 0.15) is 17.2 Å². The van der Waals surface area contributed by atoms with Crippen molar-refractivity contribution in [3.8, 4) is 11.3 Å². The number of hydrogen-bond donors (Lipinski definition) is 2. The number of anilines is 1. The highest BCUT2D eigenvalue weighted by Crippen LogP contribution is 2.26. The van der Waals surface area contributed by atoms with Crippen molar-refractivity contribution >= 4 is 28.7 Å². The zero-order valence-electron chi connectivity index (χ0n) is 17.8. The minimum Gasteiger partial charge on any atom is -0.382 e. The van der Waals surface area contributed by atoms with Gasteiger partial charge in [-0.1, -0.05) is 12.1 Å². The summed E-state index contributed by atoms with van der Waals surface area (Å²) in [6.45, 7) is 3.16. The molecule has 3 amide bonds. The second kappa shape index (κ2) is 8.62. The number of hydrogen-bond acceptors (Lipinski definition) is 6. The fraction of sp³-hybridized carbons (Fsp3) is 0.304. The van der Waals surface area contributed by atoms with Crippen LogP contribution in [0.5, 0.6) is 0 Å². The van der Waals surface area contributed by atoms with Crippen LogP contribution in [-0.4, -0.2) is 77.1 Å². The number of nitrogen functional groups attached to an aromatic ring is 1. The van der Waals surface area contributed by atoms with Gasteiger partial charge >= 0.3 is 6.03 Å². The van der Waals surface area contributed by atoms with Gasteiger partial charge in [0, 0.05) is 43.3 Å². The van der Waals surface area contributed by atoms with Crippen LogP contribution in [0.4, 0.5) is 15.0 Å². The van der Waals surface area contributed by atoms with E-state index in [4.69, 9.17) is 10.5 Å². The van der Waals surface area contributed by atoms with Gasteiger partial charge in [0.25, 0.3) is 5.91 Å². The summed E-state index contributed by atoms with van der Waals surface area (Å²) >= 11 is 0. The first kappa shape index (κ1) is 21.1. The molecule has 9 nitrogen and oxygen atoms in total. The SMILES string of the molecule is Nc1ncc(C(=O)NC2CN(C(=O)N3CCOCC3)C2)c2ccc(-c3cccc(F)c3)nc12. The first-order valence-corrected chi connectivity index (χ1v) is 10.7. The van der Waals surface area contributed by atoms with Gasteiger partial charge in [0.05, 0.1) is 30.5 Å². The lowest BCUT2D eigenvalue weighted by atomic mass is 10.1. The van der Waals surface area contributed by atoms with Crippen molar-refractivity contribution < 1.29 is 18.7 Å². The predicted molar refractivity (Wildman–Crippen MR) is 120 cm³/mol. The maximum atomic E-state index is 13.6. The Bertz CT molecular complexity index is 1220. The number of pyridine rings is 2. The number of urea groups is 1. The lowest BCUT2D eigenvalue weighted by Crippen LogP contribution is -2.64. The van der Waals surface area contributed by atoms with Crippen molar-refractivity contribution in [2.75, 3.05) is 45.1 Å². The molecule has 2 fully saturated rings. The second-order valence-corrected chi connectivity index (χ2v) is 8.12. The Morgan fingerprint density at radius 2 is 1.91 bits per heavy atom. The number of carbonyl (C=O) groups is 2. The smallest absolute Gasteiger partial charge is 0.320 e. The number of nitrogens with two attached hydrogens (primary N) is 1. The molecule has 0 aliphatic carbocycles. The van der Waals surface area contributed by atoms with Crippen LogP contribution in [-0.2, 0) is 4.74 Å². The van der Waals surface area contributed by atoms with Crippen molar-refractivity contribution in [2.24, 2.45) is 0 Å². The molecular formula is C23H23FN6O3. The number of rotatable bonds is 3. The summed E-state index contributed by atoms with van der Waals surface area (Å²) in [7, 11) is 0. The quantitative estimate of drug-likeness (QED) is 0.630. The Morgan fingerprint density at radius 3 is 2.67 bits per heavy atom. The van der Waals surface area contributed by atoms with Crippen molar-refractivity contribution in [3.05, 3.63) is 54.0 Å². The average molecular weight is 450 g/mol. The number of benzene rings is 1. The molecule has 3 aromatic rings. The van der Waals surface area contributed by atoms with Crippen LogP contribution in [0.3, 0.4) is 0 Å². The summed E-state index contributed by atoms with van der Waals surface area (Å²) in [4.78, 5) is 37.6. The third-order valence-electron chi connectivity index (χ3n) is 5.89. The number of likely N-dealkylation sites (tertiary alicyclic amines) is 1. The summed E-state index contributed by atoms with van der Waals surface area (Å²) in [6.07, 6.45) is 1.42. The number of nitrogens with zero attached hydrogens (tertiary/aromatic N) is 4. The molecule has 2 saturated heterocycles. The van der Waals surface area contributed by atoms with Crippen molar-refractivity contribution in [3.63, 3.8) is 0 Å². The number of aromatic nitrogens is 2. The highest BCUT2D eigenvalue weighted by Gasteiger charge is 2.35. The minimum atomic E-state index is -0.365. The zero-order chi connectivity index (χ0) is 22.9. The Kier molecular flexibility index (Phi) is 5.51. The molecule has 2 aliphatic rings. The topological polar surface area (TPSA) is 114 Å². The van der Waals surface area contributed by atoms with E-state index in [1.54, 1.807) is 34.1 Å². The second-order valence-electron chi connectivity index (χ2n) is 8.12. The largest absolute Gasteiger partial charge is 0.382 e. The van der Waals surface area contributed by atoms with Crippen LogP contribution in [0, 0.1) is 5.82 Å². The number of halogens is 1. The lowest BCUT2D eigenvalue weighted by molar-refractivity contribution is 0.0326.